The normalized spacial score (nSPS) is 11.5. The minimum atomic E-state index is -4.16. The van der Waals surface area contributed by atoms with E-state index >= 15 is 0 Å². The van der Waals surface area contributed by atoms with Gasteiger partial charge in [0.1, 0.15) is 5.75 Å². The first kappa shape index (κ1) is 21.2. The number of anilines is 1. The summed E-state index contributed by atoms with van der Waals surface area (Å²) in [5.74, 6) is -0.789. The van der Waals surface area contributed by atoms with Gasteiger partial charge in [0, 0.05) is 23.8 Å². The van der Waals surface area contributed by atoms with Gasteiger partial charge >= 0.3 is 0 Å². The van der Waals surface area contributed by atoms with Gasteiger partial charge in [0.2, 0.25) is 0 Å². The summed E-state index contributed by atoms with van der Waals surface area (Å²) in [5, 5.41) is 3.74. The van der Waals surface area contributed by atoms with Crippen molar-refractivity contribution in [3.8, 4) is 22.8 Å². The van der Waals surface area contributed by atoms with Gasteiger partial charge in [0.15, 0.2) is 21.8 Å². The van der Waals surface area contributed by atoms with E-state index in [1.807, 2.05) is 0 Å². The van der Waals surface area contributed by atoms with Crippen molar-refractivity contribution < 1.29 is 21.9 Å². The van der Waals surface area contributed by atoms with Crippen molar-refractivity contribution in [2.75, 3.05) is 4.72 Å². The van der Waals surface area contributed by atoms with Crippen molar-refractivity contribution in [3.05, 3.63) is 70.8 Å². The van der Waals surface area contributed by atoms with Crippen LogP contribution in [0.15, 0.2) is 59.8 Å². The van der Waals surface area contributed by atoms with E-state index in [1.54, 1.807) is 42.2 Å². The number of sulfonamides is 1. The maximum absolute atomic E-state index is 14.7. The molecule has 160 valence electrons. The second kappa shape index (κ2) is 8.25. The summed E-state index contributed by atoms with van der Waals surface area (Å²) in [4.78, 5) is 3.22. The van der Waals surface area contributed by atoms with Crippen molar-refractivity contribution >= 4 is 38.1 Å². The molecule has 2 heterocycles. The van der Waals surface area contributed by atoms with Crippen molar-refractivity contribution in [1.29, 1.82) is 0 Å². The highest BCUT2D eigenvalue weighted by atomic mass is 35.5. The molecule has 0 radical (unpaired) electrons. The Morgan fingerprint density at radius 1 is 1.13 bits per heavy atom. The predicted octanol–water partition coefficient (Wildman–Crippen LogP) is 5.07. The van der Waals surface area contributed by atoms with Crippen LogP contribution in [0.25, 0.3) is 11.3 Å². The Labute approximate surface area is 184 Å². The van der Waals surface area contributed by atoms with Crippen molar-refractivity contribution in [2.45, 2.75) is 4.90 Å². The van der Waals surface area contributed by atoms with Crippen molar-refractivity contribution in [2.24, 2.45) is 7.05 Å². The molecule has 2 aromatic heterocycles. The number of nitrogens with zero attached hydrogens (tertiary/aromatic N) is 3. The third kappa shape index (κ3) is 4.53. The first-order chi connectivity index (χ1) is 14.7. The SMILES string of the molecule is Cn1nccc1-c1cc(Cl)ccc1Oc1ccc(S(=O)(=O)Nc2ncc(F)s2)cc1F. The maximum atomic E-state index is 14.7. The summed E-state index contributed by atoms with van der Waals surface area (Å²) in [5.41, 5.74) is 1.27. The lowest BCUT2D eigenvalue weighted by molar-refractivity contribution is 0.441. The van der Waals surface area contributed by atoms with E-state index in [1.165, 1.54) is 12.1 Å². The average molecular weight is 483 g/mol. The van der Waals surface area contributed by atoms with Gasteiger partial charge in [-0.25, -0.2) is 17.8 Å². The highest BCUT2D eigenvalue weighted by Crippen LogP contribution is 2.36. The Balaban J connectivity index is 1.64. The van der Waals surface area contributed by atoms with Crippen LogP contribution in [-0.4, -0.2) is 23.2 Å². The highest BCUT2D eigenvalue weighted by molar-refractivity contribution is 7.93. The molecular weight excluding hydrogens is 470 g/mol. The van der Waals surface area contributed by atoms with Crippen LogP contribution in [0.1, 0.15) is 0 Å². The zero-order chi connectivity index (χ0) is 22.2. The summed E-state index contributed by atoms with van der Waals surface area (Å²) >= 11 is 6.62. The molecule has 4 rings (SSSR count). The molecule has 0 aliphatic rings. The number of halogens is 3. The van der Waals surface area contributed by atoms with Crippen molar-refractivity contribution in [3.63, 3.8) is 0 Å². The van der Waals surface area contributed by atoms with E-state index in [0.717, 1.165) is 12.3 Å². The minimum absolute atomic E-state index is 0.166. The van der Waals surface area contributed by atoms with E-state index in [9.17, 15) is 17.2 Å². The third-order valence-electron chi connectivity index (χ3n) is 4.17. The number of nitrogens with one attached hydrogen (secondary N) is 1. The van der Waals surface area contributed by atoms with Crippen LogP contribution in [0.3, 0.4) is 0 Å². The lowest BCUT2D eigenvalue weighted by Crippen LogP contribution is -2.13. The van der Waals surface area contributed by atoms with E-state index in [4.69, 9.17) is 16.3 Å². The molecule has 31 heavy (non-hydrogen) atoms. The smallest absolute Gasteiger partial charge is 0.263 e. The molecule has 12 heteroatoms. The number of benzene rings is 2. The molecule has 0 unspecified atom stereocenters. The molecule has 0 atom stereocenters. The first-order valence-electron chi connectivity index (χ1n) is 8.62. The number of hydrogen-bond acceptors (Lipinski definition) is 6. The van der Waals surface area contributed by atoms with Gasteiger partial charge in [0.25, 0.3) is 10.0 Å². The van der Waals surface area contributed by atoms with Gasteiger partial charge in [0.05, 0.1) is 16.8 Å². The molecule has 0 fully saturated rings. The number of hydrogen-bond donors (Lipinski definition) is 1. The summed E-state index contributed by atoms with van der Waals surface area (Å²) in [6.07, 6.45) is 2.48. The lowest BCUT2D eigenvalue weighted by Gasteiger charge is -2.13. The molecule has 1 N–H and O–H groups in total. The first-order valence-corrected chi connectivity index (χ1v) is 11.3. The van der Waals surface area contributed by atoms with Gasteiger partial charge in [-0.05, 0) is 42.5 Å². The Morgan fingerprint density at radius 3 is 2.55 bits per heavy atom. The van der Waals surface area contributed by atoms with Gasteiger partial charge in [-0.1, -0.05) is 22.9 Å². The van der Waals surface area contributed by atoms with Gasteiger partial charge < -0.3 is 4.74 Å². The van der Waals surface area contributed by atoms with Gasteiger partial charge in [-0.3, -0.25) is 9.40 Å². The van der Waals surface area contributed by atoms with Crippen LogP contribution >= 0.6 is 22.9 Å². The fraction of sp³-hybridized carbons (Fsp3) is 0.0526. The van der Waals surface area contributed by atoms with Crippen LogP contribution in [-0.2, 0) is 17.1 Å². The molecule has 0 spiro atoms. The zero-order valence-electron chi connectivity index (χ0n) is 15.7. The second-order valence-corrected chi connectivity index (χ2v) is 9.35. The Kier molecular flexibility index (Phi) is 5.65. The topological polar surface area (TPSA) is 86.1 Å². The van der Waals surface area contributed by atoms with Crippen LogP contribution in [0, 0.1) is 10.9 Å². The molecule has 0 aliphatic heterocycles. The Morgan fingerprint density at radius 2 is 1.90 bits per heavy atom. The fourth-order valence-electron chi connectivity index (χ4n) is 2.75. The molecule has 7 nitrogen and oxygen atoms in total. The van der Waals surface area contributed by atoms with E-state index in [-0.39, 0.29) is 15.8 Å². The number of aromatic nitrogens is 3. The number of ether oxygens (including phenoxy) is 1. The number of thiazole rings is 1. The van der Waals surface area contributed by atoms with Crippen LogP contribution in [0.2, 0.25) is 5.02 Å². The average Bonchev–Trinajstić information content (AvgIpc) is 3.32. The van der Waals surface area contributed by atoms with E-state index in [0.29, 0.717) is 33.4 Å². The quantitative estimate of drug-likeness (QED) is 0.414. The van der Waals surface area contributed by atoms with Gasteiger partial charge in [-0.15, -0.1) is 0 Å². The number of aryl methyl sites for hydroxylation is 1. The summed E-state index contributed by atoms with van der Waals surface area (Å²) in [6, 6.07) is 9.73. The Hall–Kier alpha value is -3.02. The van der Waals surface area contributed by atoms with Gasteiger partial charge in [-0.2, -0.15) is 9.49 Å². The highest BCUT2D eigenvalue weighted by Gasteiger charge is 2.20. The predicted molar refractivity (Wildman–Crippen MR) is 113 cm³/mol. The fourth-order valence-corrected chi connectivity index (χ4v) is 4.72. The van der Waals surface area contributed by atoms with Crippen LogP contribution < -0.4 is 9.46 Å². The van der Waals surface area contributed by atoms with E-state index in [2.05, 4.69) is 14.8 Å². The summed E-state index contributed by atoms with van der Waals surface area (Å²) < 4.78 is 62.0. The number of rotatable bonds is 6. The van der Waals surface area contributed by atoms with E-state index < -0.39 is 21.0 Å². The molecule has 0 amide bonds. The molecule has 0 aliphatic carbocycles. The largest absolute Gasteiger partial charge is 0.454 e. The monoisotopic (exact) mass is 482 g/mol. The van der Waals surface area contributed by atoms with Crippen molar-refractivity contribution in [1.82, 2.24) is 14.8 Å². The van der Waals surface area contributed by atoms with Crippen LogP contribution in [0.5, 0.6) is 11.5 Å². The molecular formula is C19H13ClF2N4O3S2. The maximum Gasteiger partial charge on any atom is 0.263 e. The molecule has 0 bridgehead atoms. The standard InChI is InChI=1S/C19H13ClF2N4O3S2/c1-26-15(6-7-24-26)13-8-11(20)2-4-16(13)29-17-5-3-12(9-14(17)21)31(27,28)25-19-23-10-18(22)30-19/h2-10H,1H3,(H,23,25). The molecule has 0 saturated heterocycles. The summed E-state index contributed by atoms with van der Waals surface area (Å²) in [6.45, 7) is 0. The minimum Gasteiger partial charge on any atom is -0.454 e. The molecule has 2 aromatic carbocycles. The molecule has 4 aromatic rings. The zero-order valence-corrected chi connectivity index (χ0v) is 18.1. The third-order valence-corrected chi connectivity index (χ3v) is 6.57. The summed E-state index contributed by atoms with van der Waals surface area (Å²) in [7, 11) is -2.42. The van der Waals surface area contributed by atoms with Crippen LogP contribution in [0.4, 0.5) is 13.9 Å². The second-order valence-electron chi connectivity index (χ2n) is 6.25. The lowest BCUT2D eigenvalue weighted by atomic mass is 10.1. The Bertz CT molecular complexity index is 1370. The molecule has 0 saturated carbocycles.